The maximum absolute atomic E-state index is 12.4. The Morgan fingerprint density at radius 1 is 1.20 bits per heavy atom. The van der Waals surface area contributed by atoms with Crippen LogP contribution in [-0.4, -0.2) is 39.8 Å². The Kier molecular flexibility index (Phi) is 5.07. The molecule has 0 radical (unpaired) electrons. The van der Waals surface area contributed by atoms with E-state index in [1.54, 1.807) is 6.92 Å². The van der Waals surface area contributed by atoms with Gasteiger partial charge < -0.3 is 10.6 Å². The fraction of sp³-hybridized carbons (Fsp3) is 0.368. The van der Waals surface area contributed by atoms with Crippen LogP contribution in [-0.2, 0) is 11.2 Å². The van der Waals surface area contributed by atoms with Crippen molar-refractivity contribution in [3.8, 4) is 0 Å². The maximum Gasteiger partial charge on any atom is 0.252 e. The van der Waals surface area contributed by atoms with E-state index in [1.807, 2.05) is 35.2 Å². The minimum atomic E-state index is -0.509. The van der Waals surface area contributed by atoms with Gasteiger partial charge in [0.05, 0.1) is 17.7 Å². The highest BCUT2D eigenvalue weighted by Crippen LogP contribution is 2.26. The molecule has 2 heterocycles. The van der Waals surface area contributed by atoms with Gasteiger partial charge in [0.2, 0.25) is 5.91 Å². The molecule has 6 nitrogen and oxygen atoms in total. The summed E-state index contributed by atoms with van der Waals surface area (Å²) in [6.45, 7) is 3.18. The van der Waals surface area contributed by atoms with Gasteiger partial charge in [-0.05, 0) is 25.3 Å². The fourth-order valence-electron chi connectivity index (χ4n) is 3.19. The van der Waals surface area contributed by atoms with Crippen LogP contribution in [0.1, 0.15) is 46.2 Å². The van der Waals surface area contributed by atoms with Crippen molar-refractivity contribution in [2.24, 2.45) is 5.73 Å². The molecule has 6 heteroatoms. The van der Waals surface area contributed by atoms with Crippen molar-refractivity contribution in [3.63, 3.8) is 0 Å². The van der Waals surface area contributed by atoms with Crippen molar-refractivity contribution in [1.82, 2.24) is 14.9 Å². The largest absolute Gasteiger partial charge is 0.365 e. The van der Waals surface area contributed by atoms with E-state index in [1.165, 1.54) is 6.20 Å². The van der Waals surface area contributed by atoms with Gasteiger partial charge >= 0.3 is 0 Å². The van der Waals surface area contributed by atoms with Crippen molar-refractivity contribution >= 4 is 11.8 Å². The predicted octanol–water partition coefficient (Wildman–Crippen LogP) is 1.83. The van der Waals surface area contributed by atoms with Crippen LogP contribution >= 0.6 is 0 Å². The molecule has 1 fully saturated rings. The third-order valence-electron chi connectivity index (χ3n) is 4.67. The first kappa shape index (κ1) is 17.1. The zero-order valence-electron chi connectivity index (χ0n) is 14.3. The molecule has 130 valence electrons. The molecule has 0 aliphatic carbocycles. The number of carbonyl (C=O) groups is 2. The summed E-state index contributed by atoms with van der Waals surface area (Å²) in [5.74, 6) is 0.593. The van der Waals surface area contributed by atoms with E-state index in [2.05, 4.69) is 9.97 Å². The Morgan fingerprint density at radius 2 is 1.88 bits per heavy atom. The number of hydrogen-bond acceptors (Lipinski definition) is 4. The topological polar surface area (TPSA) is 89.2 Å². The third-order valence-corrected chi connectivity index (χ3v) is 4.67. The number of aromatic nitrogens is 2. The molecule has 1 aromatic heterocycles. The van der Waals surface area contributed by atoms with E-state index in [4.69, 9.17) is 5.73 Å². The van der Waals surface area contributed by atoms with Gasteiger partial charge in [0.15, 0.2) is 0 Å². The number of aryl methyl sites for hydroxylation is 1. The summed E-state index contributed by atoms with van der Waals surface area (Å²) in [5, 5.41) is 0. The summed E-state index contributed by atoms with van der Waals surface area (Å²) in [4.78, 5) is 34.4. The minimum absolute atomic E-state index is 0.158. The van der Waals surface area contributed by atoms with Crippen LogP contribution in [0.3, 0.4) is 0 Å². The fourth-order valence-corrected chi connectivity index (χ4v) is 3.19. The summed E-state index contributed by atoms with van der Waals surface area (Å²) in [6.07, 6.45) is 3.60. The molecule has 0 unspecified atom stereocenters. The zero-order valence-corrected chi connectivity index (χ0v) is 14.3. The summed E-state index contributed by atoms with van der Waals surface area (Å²) in [6, 6.07) is 9.79. The summed E-state index contributed by atoms with van der Waals surface area (Å²) in [5.41, 5.74) is 7.30. The van der Waals surface area contributed by atoms with Crippen LogP contribution in [0.2, 0.25) is 0 Å². The normalized spacial score (nSPS) is 15.2. The van der Waals surface area contributed by atoms with Crippen molar-refractivity contribution in [1.29, 1.82) is 0 Å². The maximum atomic E-state index is 12.4. The van der Waals surface area contributed by atoms with Crippen LogP contribution in [0, 0.1) is 6.92 Å². The minimum Gasteiger partial charge on any atom is -0.365 e. The predicted molar refractivity (Wildman–Crippen MR) is 94.0 cm³/mol. The molecule has 0 bridgehead atoms. The Bertz CT molecular complexity index is 768. The molecule has 1 aliphatic heterocycles. The lowest BCUT2D eigenvalue weighted by Crippen LogP contribution is -2.39. The molecule has 2 aromatic rings. The Balaban J connectivity index is 1.59. The van der Waals surface area contributed by atoms with Crippen molar-refractivity contribution in [2.45, 2.75) is 32.1 Å². The van der Waals surface area contributed by atoms with Crippen molar-refractivity contribution < 1.29 is 9.59 Å². The van der Waals surface area contributed by atoms with Crippen LogP contribution in [0.4, 0.5) is 0 Å². The molecule has 0 atom stereocenters. The highest BCUT2D eigenvalue weighted by atomic mass is 16.2. The lowest BCUT2D eigenvalue weighted by atomic mass is 9.95. The number of rotatable bonds is 4. The van der Waals surface area contributed by atoms with Crippen LogP contribution in [0.15, 0.2) is 36.5 Å². The molecule has 3 rings (SSSR count). The number of amides is 2. The average Bonchev–Trinajstić information content (AvgIpc) is 2.62. The highest BCUT2D eigenvalue weighted by molar-refractivity contribution is 5.93. The second-order valence-electron chi connectivity index (χ2n) is 6.41. The summed E-state index contributed by atoms with van der Waals surface area (Å²) >= 11 is 0. The molecule has 2 N–H and O–H groups in total. The first-order chi connectivity index (χ1) is 12.0. The number of benzene rings is 1. The molecule has 1 aliphatic rings. The average molecular weight is 338 g/mol. The first-order valence-corrected chi connectivity index (χ1v) is 8.49. The molecule has 2 amide bonds. The molecule has 1 aromatic carbocycles. The molecule has 1 saturated heterocycles. The van der Waals surface area contributed by atoms with Crippen molar-refractivity contribution in [2.75, 3.05) is 13.1 Å². The molecule has 0 spiro atoms. The van der Waals surface area contributed by atoms with E-state index in [0.717, 1.165) is 24.2 Å². The monoisotopic (exact) mass is 338 g/mol. The summed E-state index contributed by atoms with van der Waals surface area (Å²) < 4.78 is 0. The van der Waals surface area contributed by atoms with E-state index < -0.39 is 5.91 Å². The summed E-state index contributed by atoms with van der Waals surface area (Å²) in [7, 11) is 0. The van der Waals surface area contributed by atoms with Crippen LogP contribution < -0.4 is 5.73 Å². The second-order valence-corrected chi connectivity index (χ2v) is 6.41. The molecule has 0 saturated carbocycles. The Labute approximate surface area is 147 Å². The van der Waals surface area contributed by atoms with Gasteiger partial charge in [-0.15, -0.1) is 0 Å². The van der Waals surface area contributed by atoms with Gasteiger partial charge in [-0.1, -0.05) is 30.3 Å². The van der Waals surface area contributed by atoms with Gasteiger partial charge in [-0.25, -0.2) is 9.97 Å². The number of carbonyl (C=O) groups excluding carboxylic acids is 2. The second kappa shape index (κ2) is 7.42. The highest BCUT2D eigenvalue weighted by Gasteiger charge is 2.26. The molecular weight excluding hydrogens is 316 g/mol. The quantitative estimate of drug-likeness (QED) is 0.921. The molecular formula is C19H22N4O2. The van der Waals surface area contributed by atoms with Gasteiger partial charge in [0.25, 0.3) is 5.91 Å². The van der Waals surface area contributed by atoms with Crippen LogP contribution in [0.25, 0.3) is 0 Å². The number of primary amides is 1. The lowest BCUT2D eigenvalue weighted by molar-refractivity contribution is -0.131. The Morgan fingerprint density at radius 3 is 2.48 bits per heavy atom. The van der Waals surface area contributed by atoms with Gasteiger partial charge in [-0.2, -0.15) is 0 Å². The number of piperidine rings is 1. The number of nitrogens with two attached hydrogens (primary N) is 1. The third kappa shape index (κ3) is 4.02. The van der Waals surface area contributed by atoms with Gasteiger partial charge in [0.1, 0.15) is 5.82 Å². The van der Waals surface area contributed by atoms with E-state index in [9.17, 15) is 9.59 Å². The number of nitrogens with zero attached hydrogens (tertiary/aromatic N) is 3. The van der Waals surface area contributed by atoms with Crippen molar-refractivity contribution in [3.05, 3.63) is 59.2 Å². The molecule has 25 heavy (non-hydrogen) atoms. The first-order valence-electron chi connectivity index (χ1n) is 8.49. The van der Waals surface area contributed by atoms with E-state index in [0.29, 0.717) is 30.8 Å². The number of hydrogen-bond donors (Lipinski definition) is 1. The smallest absolute Gasteiger partial charge is 0.252 e. The zero-order chi connectivity index (χ0) is 17.8. The SMILES string of the molecule is Cc1nc(C2CCN(C(=O)Cc3ccccc3)CC2)ncc1C(N)=O. The lowest BCUT2D eigenvalue weighted by Gasteiger charge is -2.31. The standard InChI is InChI=1S/C19H22N4O2/c1-13-16(18(20)25)12-21-19(22-13)15-7-9-23(10-8-15)17(24)11-14-5-3-2-4-6-14/h2-6,12,15H,7-11H2,1H3,(H2,20,25). The van der Waals surface area contributed by atoms with E-state index >= 15 is 0 Å². The van der Waals surface area contributed by atoms with Crippen LogP contribution in [0.5, 0.6) is 0 Å². The number of likely N-dealkylation sites (tertiary alicyclic amines) is 1. The van der Waals surface area contributed by atoms with Gasteiger partial charge in [-0.3, -0.25) is 9.59 Å². The van der Waals surface area contributed by atoms with E-state index in [-0.39, 0.29) is 11.8 Å². The Hall–Kier alpha value is -2.76. The van der Waals surface area contributed by atoms with Gasteiger partial charge in [0, 0.05) is 25.2 Å².